The van der Waals surface area contributed by atoms with Crippen molar-refractivity contribution in [2.45, 2.75) is 19.1 Å². The lowest BCUT2D eigenvalue weighted by molar-refractivity contribution is -0.386. The first-order chi connectivity index (χ1) is 14.5. The number of nitrogens with zero attached hydrogens (tertiary/aromatic N) is 3. The van der Waals surface area contributed by atoms with Gasteiger partial charge in [0.25, 0.3) is 0 Å². The summed E-state index contributed by atoms with van der Waals surface area (Å²) < 4.78 is 38.9. The fourth-order valence-corrected chi connectivity index (χ4v) is 3.74. The number of halogens is 3. The highest BCUT2D eigenvalue weighted by atomic mass is 19.4. The first-order valence-corrected chi connectivity index (χ1v) is 9.36. The van der Waals surface area contributed by atoms with Crippen molar-refractivity contribution in [2.75, 3.05) is 31.1 Å². The molecule has 0 saturated carbocycles. The number of rotatable bonds is 5. The molecular formula is C20H20F3N3O5. The van der Waals surface area contributed by atoms with Crippen molar-refractivity contribution < 1.29 is 33.1 Å². The zero-order valence-corrected chi connectivity index (χ0v) is 16.5. The Balaban J connectivity index is 1.82. The molecule has 1 atom stereocenters. The molecule has 0 radical (unpaired) electrons. The molecule has 8 nitrogen and oxygen atoms in total. The topological polar surface area (TPSA) is 107 Å². The second-order valence-corrected chi connectivity index (χ2v) is 7.25. The highest BCUT2D eigenvalue weighted by Crippen LogP contribution is 2.39. The molecule has 2 aromatic carbocycles. The summed E-state index contributed by atoms with van der Waals surface area (Å²) in [6.45, 7) is 2.57. The summed E-state index contributed by atoms with van der Waals surface area (Å²) in [4.78, 5) is 26.1. The molecular weight excluding hydrogens is 419 g/mol. The number of hydrogen-bond acceptors (Lipinski definition) is 7. The number of nitro groups is 1. The van der Waals surface area contributed by atoms with Gasteiger partial charge in [0, 0.05) is 37.9 Å². The van der Waals surface area contributed by atoms with Gasteiger partial charge >= 0.3 is 11.9 Å². The van der Waals surface area contributed by atoms with E-state index in [0.29, 0.717) is 31.9 Å². The third-order valence-corrected chi connectivity index (χ3v) is 5.21. The van der Waals surface area contributed by atoms with E-state index in [1.54, 1.807) is 15.9 Å². The third-order valence-electron chi connectivity index (χ3n) is 5.21. The average molecular weight is 439 g/mol. The number of carbonyl (C=O) groups is 1. The predicted molar refractivity (Wildman–Crippen MR) is 105 cm³/mol. The summed E-state index contributed by atoms with van der Waals surface area (Å²) in [5, 5.41) is 30.7. The number of ketones is 1. The number of carbonyl (C=O) groups excluding carboxylic acids is 1. The molecule has 166 valence electrons. The van der Waals surface area contributed by atoms with Crippen LogP contribution in [0.3, 0.4) is 0 Å². The van der Waals surface area contributed by atoms with Gasteiger partial charge in [-0.3, -0.25) is 19.8 Å². The maximum Gasteiger partial charge on any atom is 0.416 e. The van der Waals surface area contributed by atoms with Gasteiger partial charge in [-0.05, 0) is 36.8 Å². The van der Waals surface area contributed by atoms with E-state index in [4.69, 9.17) is 0 Å². The molecule has 1 heterocycles. The molecule has 1 unspecified atom stereocenters. The molecule has 2 N–H and O–H groups in total. The Hall–Kier alpha value is -3.34. The van der Waals surface area contributed by atoms with Crippen LogP contribution in [0.5, 0.6) is 11.5 Å². The van der Waals surface area contributed by atoms with Crippen molar-refractivity contribution in [3.8, 4) is 11.5 Å². The Morgan fingerprint density at radius 1 is 1.13 bits per heavy atom. The number of phenolic OH excluding ortho intramolecular Hbond substituents is 2. The number of nitro benzene ring substituents is 1. The van der Waals surface area contributed by atoms with Crippen molar-refractivity contribution in [2.24, 2.45) is 0 Å². The summed E-state index contributed by atoms with van der Waals surface area (Å²) in [6, 6.07) is 6.22. The number of Topliss-reactive ketones (excluding diaryl/α,β-unsaturated/α-hetero) is 1. The van der Waals surface area contributed by atoms with Crippen molar-refractivity contribution in [1.82, 2.24) is 4.90 Å². The van der Waals surface area contributed by atoms with Crippen LogP contribution in [0.4, 0.5) is 24.5 Å². The van der Waals surface area contributed by atoms with Gasteiger partial charge in [0.05, 0.1) is 16.5 Å². The number of hydrogen-bond donors (Lipinski definition) is 2. The van der Waals surface area contributed by atoms with E-state index in [1.165, 1.54) is 13.0 Å². The van der Waals surface area contributed by atoms with Crippen LogP contribution in [0.25, 0.3) is 0 Å². The van der Waals surface area contributed by atoms with Crippen molar-refractivity contribution in [3.63, 3.8) is 0 Å². The Bertz CT molecular complexity index is 1000. The zero-order chi connectivity index (χ0) is 22.9. The van der Waals surface area contributed by atoms with Crippen LogP contribution in [-0.2, 0) is 11.0 Å². The zero-order valence-electron chi connectivity index (χ0n) is 16.5. The number of aromatic hydroxyl groups is 2. The quantitative estimate of drug-likeness (QED) is 0.417. The van der Waals surface area contributed by atoms with E-state index < -0.39 is 39.9 Å². The molecule has 0 spiro atoms. The van der Waals surface area contributed by atoms with E-state index in [1.807, 2.05) is 0 Å². The second-order valence-electron chi connectivity index (χ2n) is 7.25. The third kappa shape index (κ3) is 4.71. The van der Waals surface area contributed by atoms with Crippen molar-refractivity contribution in [1.29, 1.82) is 0 Å². The monoisotopic (exact) mass is 439 g/mol. The van der Waals surface area contributed by atoms with Crippen LogP contribution >= 0.6 is 0 Å². The number of benzene rings is 2. The number of anilines is 1. The van der Waals surface area contributed by atoms with Crippen LogP contribution < -0.4 is 4.90 Å². The number of phenols is 2. The van der Waals surface area contributed by atoms with E-state index in [-0.39, 0.29) is 11.3 Å². The highest BCUT2D eigenvalue weighted by molar-refractivity contribution is 5.83. The molecule has 0 aliphatic carbocycles. The molecule has 1 aliphatic heterocycles. The van der Waals surface area contributed by atoms with Gasteiger partial charge in [0.15, 0.2) is 11.5 Å². The summed E-state index contributed by atoms with van der Waals surface area (Å²) >= 11 is 0. The molecule has 3 rings (SSSR count). The Morgan fingerprint density at radius 3 is 2.32 bits per heavy atom. The largest absolute Gasteiger partial charge is 0.504 e. The van der Waals surface area contributed by atoms with Gasteiger partial charge < -0.3 is 15.1 Å². The first kappa shape index (κ1) is 22.3. The van der Waals surface area contributed by atoms with Gasteiger partial charge in [-0.25, -0.2) is 0 Å². The van der Waals surface area contributed by atoms with Gasteiger partial charge in [-0.1, -0.05) is 6.07 Å². The Kier molecular flexibility index (Phi) is 6.07. The Labute approximate surface area is 175 Å². The van der Waals surface area contributed by atoms with Crippen LogP contribution in [0, 0.1) is 10.1 Å². The maximum atomic E-state index is 13.0. The second kappa shape index (κ2) is 8.42. The molecule has 0 bridgehead atoms. The van der Waals surface area contributed by atoms with E-state index in [0.717, 1.165) is 24.3 Å². The van der Waals surface area contributed by atoms with Gasteiger partial charge in [-0.15, -0.1) is 0 Å². The lowest BCUT2D eigenvalue weighted by Crippen LogP contribution is -2.49. The summed E-state index contributed by atoms with van der Waals surface area (Å²) in [6.07, 6.45) is -4.45. The fourth-order valence-electron chi connectivity index (χ4n) is 3.74. The van der Waals surface area contributed by atoms with Crippen molar-refractivity contribution >= 4 is 17.2 Å². The standard InChI is InChI=1S/C20H20F3N3O5/c1-12(27)18(13-9-16(26(30)31)19(29)17(28)10-13)25-7-5-24(6-8-25)15-4-2-3-14(11-15)20(21,22)23/h2-4,9-11,18,28-29H,5-8H2,1H3. The molecule has 0 amide bonds. The highest BCUT2D eigenvalue weighted by Gasteiger charge is 2.33. The SMILES string of the molecule is CC(=O)C(c1cc(O)c(O)c([N+](=O)[O-])c1)N1CCN(c2cccc(C(F)(F)F)c2)CC1. The van der Waals surface area contributed by atoms with Gasteiger partial charge in [0.1, 0.15) is 0 Å². The minimum Gasteiger partial charge on any atom is -0.504 e. The molecule has 1 aliphatic rings. The number of alkyl halides is 3. The Morgan fingerprint density at radius 2 is 1.77 bits per heavy atom. The predicted octanol–water partition coefficient (Wildman–Crippen LogP) is 3.48. The smallest absolute Gasteiger partial charge is 0.416 e. The van der Waals surface area contributed by atoms with Crippen LogP contribution in [0.1, 0.15) is 24.1 Å². The normalized spacial score (nSPS) is 16.2. The van der Waals surface area contributed by atoms with Crippen LogP contribution in [0.2, 0.25) is 0 Å². The van der Waals surface area contributed by atoms with Crippen LogP contribution in [0.15, 0.2) is 36.4 Å². The van der Waals surface area contributed by atoms with Gasteiger partial charge in [0.2, 0.25) is 5.75 Å². The summed E-state index contributed by atoms with van der Waals surface area (Å²) in [5.74, 6) is -1.92. The first-order valence-electron chi connectivity index (χ1n) is 9.36. The molecule has 11 heteroatoms. The molecule has 1 saturated heterocycles. The molecule has 31 heavy (non-hydrogen) atoms. The fraction of sp³-hybridized carbons (Fsp3) is 0.350. The average Bonchev–Trinajstić information content (AvgIpc) is 2.70. The molecule has 0 aromatic heterocycles. The maximum absolute atomic E-state index is 13.0. The lowest BCUT2D eigenvalue weighted by Gasteiger charge is -2.39. The van der Waals surface area contributed by atoms with Crippen molar-refractivity contribution in [3.05, 3.63) is 57.6 Å². The van der Waals surface area contributed by atoms with Crippen LogP contribution in [-0.4, -0.2) is 52.0 Å². The van der Waals surface area contributed by atoms with E-state index in [9.17, 15) is 38.3 Å². The number of piperazine rings is 1. The summed E-state index contributed by atoms with van der Waals surface area (Å²) in [5.41, 5.74) is -0.904. The van der Waals surface area contributed by atoms with Gasteiger partial charge in [-0.2, -0.15) is 13.2 Å². The van der Waals surface area contributed by atoms with E-state index >= 15 is 0 Å². The molecule has 2 aromatic rings. The lowest BCUT2D eigenvalue weighted by atomic mass is 9.99. The summed E-state index contributed by atoms with van der Waals surface area (Å²) in [7, 11) is 0. The minimum absolute atomic E-state index is 0.155. The minimum atomic E-state index is -4.45. The van der Waals surface area contributed by atoms with E-state index in [2.05, 4.69) is 0 Å². The molecule has 1 fully saturated rings.